The van der Waals surface area contributed by atoms with Crippen molar-refractivity contribution in [3.8, 4) is 0 Å². The van der Waals surface area contributed by atoms with E-state index in [0.29, 0.717) is 0 Å². The molecule has 0 atom stereocenters. The van der Waals surface area contributed by atoms with E-state index in [1.54, 1.807) is 0 Å². The van der Waals surface area contributed by atoms with Gasteiger partial charge in [0.1, 0.15) is 0 Å². The molecule has 1 aliphatic carbocycles. The van der Waals surface area contributed by atoms with Gasteiger partial charge in [0.2, 0.25) is 0 Å². The Balaban J connectivity index is 2.80. The fraction of sp³-hybridized carbons (Fsp3) is 0.250. The van der Waals surface area contributed by atoms with Crippen molar-refractivity contribution in [3.63, 3.8) is 0 Å². The highest BCUT2D eigenvalue weighted by Gasteiger charge is 2.20. The number of benzene rings is 1. The highest BCUT2D eigenvalue weighted by atomic mass is 15.2. The molecule has 172 valence electrons. The highest BCUT2D eigenvalue weighted by Crippen LogP contribution is 2.35. The second kappa shape index (κ2) is 13.3. The molecule has 1 heteroatoms. The van der Waals surface area contributed by atoms with Crippen LogP contribution < -0.4 is 4.90 Å². The van der Waals surface area contributed by atoms with Crippen molar-refractivity contribution in [2.75, 3.05) is 4.90 Å². The summed E-state index contributed by atoms with van der Waals surface area (Å²) >= 11 is 0. The summed E-state index contributed by atoms with van der Waals surface area (Å²) in [5, 5.41) is 0. The maximum absolute atomic E-state index is 3.85. The summed E-state index contributed by atoms with van der Waals surface area (Å²) in [6, 6.07) is 6.74. The maximum Gasteiger partial charge on any atom is 0.0499 e. The van der Waals surface area contributed by atoms with Crippen LogP contribution in [0.5, 0.6) is 0 Å². The van der Waals surface area contributed by atoms with E-state index in [4.69, 9.17) is 0 Å². The van der Waals surface area contributed by atoms with Gasteiger partial charge in [-0.05, 0) is 94.0 Å². The Morgan fingerprint density at radius 2 is 1.91 bits per heavy atom. The molecule has 0 bridgehead atoms. The zero-order valence-corrected chi connectivity index (χ0v) is 21.2. The SMILES string of the molecule is C=C/C=C(\C)c1ccc(N(C2=CCC=CC(C)=C2/C=C\CC)C(/C=C\C)=C/C=C\C)cc1C. The third kappa shape index (κ3) is 6.83. The topological polar surface area (TPSA) is 3.24 Å². The summed E-state index contributed by atoms with van der Waals surface area (Å²) in [6.07, 6.45) is 27.8. The van der Waals surface area contributed by atoms with Crippen LogP contribution in [-0.2, 0) is 0 Å². The van der Waals surface area contributed by atoms with Crippen LogP contribution in [0.2, 0.25) is 0 Å². The standard InChI is InChI=1S/C32H39N/c1-8-12-19-28(17-11-4)33(29-22-23-30(27(7)24-29)25(5)16-10-3)32-21-15-14-18-26(6)31(32)20-13-9-2/h8,10-14,16-24H,3,9,15H2,1-2,4-7H3/b12-8-,17-11-,20-13-,25-16+,28-19+. The lowest BCUT2D eigenvalue weighted by atomic mass is 9.98. The van der Waals surface area contributed by atoms with Gasteiger partial charge in [-0.1, -0.05) is 80.3 Å². The minimum atomic E-state index is 0.900. The molecular weight excluding hydrogens is 398 g/mol. The van der Waals surface area contributed by atoms with Gasteiger partial charge in [-0.2, -0.15) is 0 Å². The molecule has 0 unspecified atom stereocenters. The van der Waals surface area contributed by atoms with Gasteiger partial charge in [0.25, 0.3) is 0 Å². The van der Waals surface area contributed by atoms with Crippen molar-refractivity contribution in [2.45, 2.75) is 54.4 Å². The molecule has 0 aromatic heterocycles. The third-order valence-corrected chi connectivity index (χ3v) is 5.59. The molecule has 2 rings (SSSR count). The highest BCUT2D eigenvalue weighted by molar-refractivity contribution is 5.74. The molecule has 0 saturated carbocycles. The largest absolute Gasteiger partial charge is 0.310 e. The van der Waals surface area contributed by atoms with Crippen molar-refractivity contribution in [2.24, 2.45) is 0 Å². The van der Waals surface area contributed by atoms with Gasteiger partial charge < -0.3 is 4.90 Å². The molecule has 0 N–H and O–H groups in total. The van der Waals surface area contributed by atoms with E-state index in [-0.39, 0.29) is 0 Å². The predicted octanol–water partition coefficient (Wildman–Crippen LogP) is 9.55. The molecular formula is C32H39N. The number of aryl methyl sites for hydroxylation is 1. The van der Waals surface area contributed by atoms with Crippen LogP contribution in [0.4, 0.5) is 5.69 Å². The zero-order chi connectivity index (χ0) is 24.2. The van der Waals surface area contributed by atoms with Crippen LogP contribution in [0.25, 0.3) is 5.57 Å². The number of rotatable bonds is 9. The quantitative estimate of drug-likeness (QED) is 0.348. The Bertz CT molecular complexity index is 1080. The summed E-state index contributed by atoms with van der Waals surface area (Å²) in [7, 11) is 0. The lowest BCUT2D eigenvalue weighted by Crippen LogP contribution is -2.22. The van der Waals surface area contributed by atoms with E-state index < -0.39 is 0 Å². The van der Waals surface area contributed by atoms with Crippen LogP contribution in [0.1, 0.15) is 58.6 Å². The molecule has 0 radical (unpaired) electrons. The van der Waals surface area contributed by atoms with E-state index in [1.807, 2.05) is 6.08 Å². The molecule has 0 aliphatic heterocycles. The average Bonchev–Trinajstić information content (AvgIpc) is 2.97. The van der Waals surface area contributed by atoms with Crippen molar-refractivity contribution in [1.29, 1.82) is 0 Å². The molecule has 0 heterocycles. The second-order valence-electron chi connectivity index (χ2n) is 8.17. The predicted molar refractivity (Wildman–Crippen MR) is 149 cm³/mol. The summed E-state index contributed by atoms with van der Waals surface area (Å²) in [5.74, 6) is 0. The number of allylic oxidation sites excluding steroid dienone is 14. The first-order valence-electron chi connectivity index (χ1n) is 11.9. The minimum absolute atomic E-state index is 0.900. The first-order valence-corrected chi connectivity index (χ1v) is 11.9. The van der Waals surface area contributed by atoms with Gasteiger partial charge in [-0.25, -0.2) is 0 Å². The van der Waals surface area contributed by atoms with Gasteiger partial charge >= 0.3 is 0 Å². The molecule has 1 aromatic rings. The van der Waals surface area contributed by atoms with Crippen molar-refractivity contribution in [1.82, 2.24) is 0 Å². The summed E-state index contributed by atoms with van der Waals surface area (Å²) < 4.78 is 0. The number of hydrogen-bond donors (Lipinski definition) is 0. The molecule has 33 heavy (non-hydrogen) atoms. The Morgan fingerprint density at radius 3 is 2.55 bits per heavy atom. The molecule has 0 spiro atoms. The van der Waals surface area contributed by atoms with E-state index >= 15 is 0 Å². The summed E-state index contributed by atoms with van der Waals surface area (Å²) in [5.41, 5.74) is 9.74. The van der Waals surface area contributed by atoms with Crippen molar-refractivity contribution < 1.29 is 0 Å². The van der Waals surface area contributed by atoms with E-state index in [1.165, 1.54) is 33.5 Å². The molecule has 0 fully saturated rings. The first kappa shape index (κ1) is 25.9. The Labute approximate surface area is 201 Å². The van der Waals surface area contributed by atoms with Crippen LogP contribution in [-0.4, -0.2) is 0 Å². The average molecular weight is 438 g/mol. The molecule has 1 aliphatic rings. The Hall–Kier alpha value is -3.32. The smallest absolute Gasteiger partial charge is 0.0499 e. The van der Waals surface area contributed by atoms with E-state index in [2.05, 4.69) is 138 Å². The van der Waals surface area contributed by atoms with Crippen molar-refractivity contribution in [3.05, 3.63) is 131 Å². The van der Waals surface area contributed by atoms with Crippen LogP contribution in [0.3, 0.4) is 0 Å². The normalized spacial score (nSPS) is 15.6. The van der Waals surface area contributed by atoms with Crippen LogP contribution in [0, 0.1) is 6.92 Å². The van der Waals surface area contributed by atoms with Gasteiger partial charge in [0.15, 0.2) is 0 Å². The maximum atomic E-state index is 3.85. The van der Waals surface area contributed by atoms with E-state index in [9.17, 15) is 0 Å². The zero-order valence-electron chi connectivity index (χ0n) is 21.2. The number of nitrogens with zero attached hydrogens (tertiary/aromatic N) is 1. The third-order valence-electron chi connectivity index (χ3n) is 5.59. The molecule has 0 saturated heterocycles. The summed E-state index contributed by atoms with van der Waals surface area (Å²) in [4.78, 5) is 2.38. The van der Waals surface area contributed by atoms with Crippen molar-refractivity contribution >= 4 is 11.3 Å². The molecule has 1 nitrogen and oxygen atoms in total. The molecule has 0 amide bonds. The monoisotopic (exact) mass is 437 g/mol. The van der Waals surface area contributed by atoms with Gasteiger partial charge in [-0.15, -0.1) is 0 Å². The fourth-order valence-corrected chi connectivity index (χ4v) is 3.98. The minimum Gasteiger partial charge on any atom is -0.310 e. The number of hydrogen-bond acceptors (Lipinski definition) is 1. The Morgan fingerprint density at radius 1 is 1.12 bits per heavy atom. The molecule has 1 aromatic carbocycles. The summed E-state index contributed by atoms with van der Waals surface area (Å²) in [6.45, 7) is 16.7. The Kier molecular flexibility index (Phi) is 10.4. The lowest BCUT2D eigenvalue weighted by Gasteiger charge is -2.31. The van der Waals surface area contributed by atoms with E-state index in [0.717, 1.165) is 24.2 Å². The van der Waals surface area contributed by atoms with Gasteiger partial charge in [-0.3, -0.25) is 0 Å². The lowest BCUT2D eigenvalue weighted by molar-refractivity contribution is 1.09. The number of anilines is 1. The van der Waals surface area contributed by atoms with Gasteiger partial charge in [0.05, 0.1) is 0 Å². The van der Waals surface area contributed by atoms with Crippen LogP contribution >= 0.6 is 0 Å². The van der Waals surface area contributed by atoms with Crippen LogP contribution in [0.15, 0.2) is 120 Å². The van der Waals surface area contributed by atoms with Gasteiger partial charge in [0, 0.05) is 22.7 Å². The second-order valence-corrected chi connectivity index (χ2v) is 8.17. The first-order chi connectivity index (χ1) is 16.0. The fourth-order valence-electron chi connectivity index (χ4n) is 3.98.